The molecule has 0 spiro atoms. The van der Waals surface area contributed by atoms with E-state index in [1.165, 1.54) is 11.0 Å². The van der Waals surface area contributed by atoms with Gasteiger partial charge in [-0.3, -0.25) is 4.79 Å². The van der Waals surface area contributed by atoms with Gasteiger partial charge in [0, 0.05) is 37.2 Å². The number of ether oxygens (including phenoxy) is 2. The van der Waals surface area contributed by atoms with E-state index in [0.29, 0.717) is 48.4 Å². The first-order valence-corrected chi connectivity index (χ1v) is 11.2. The minimum atomic E-state index is -0.531. The lowest BCUT2D eigenvalue weighted by molar-refractivity contribution is 0.0291. The van der Waals surface area contributed by atoms with E-state index in [2.05, 4.69) is 26.9 Å². The largest absolute Gasteiger partial charge is 0.478 e. The SMILES string of the molecule is C=CC(=N/C=C(\C)c1ccnc(Nc2cccc(C=O)c2)n1)OCCCN(C)C(=O)OC(C)(C)C. The molecule has 0 bridgehead atoms. The summed E-state index contributed by atoms with van der Waals surface area (Å²) in [4.78, 5) is 37.6. The van der Waals surface area contributed by atoms with E-state index >= 15 is 0 Å². The molecule has 1 amide bonds. The highest BCUT2D eigenvalue weighted by Gasteiger charge is 2.19. The average molecular weight is 480 g/mol. The topological polar surface area (TPSA) is 106 Å². The van der Waals surface area contributed by atoms with Crippen LogP contribution in [0.3, 0.4) is 0 Å². The molecule has 9 heteroatoms. The van der Waals surface area contributed by atoms with Gasteiger partial charge in [0.15, 0.2) is 0 Å². The van der Waals surface area contributed by atoms with Gasteiger partial charge in [0.05, 0.1) is 12.3 Å². The number of benzene rings is 1. The van der Waals surface area contributed by atoms with Gasteiger partial charge in [-0.05, 0) is 64.0 Å². The number of carbonyl (C=O) groups is 2. The number of rotatable bonds is 10. The lowest BCUT2D eigenvalue weighted by atomic mass is 10.2. The van der Waals surface area contributed by atoms with E-state index in [1.807, 2.05) is 33.8 Å². The second-order valence-corrected chi connectivity index (χ2v) is 8.72. The molecule has 0 radical (unpaired) electrons. The predicted molar refractivity (Wildman–Crippen MR) is 138 cm³/mol. The van der Waals surface area contributed by atoms with Crippen LogP contribution in [0.2, 0.25) is 0 Å². The number of aldehydes is 1. The van der Waals surface area contributed by atoms with Crippen molar-refractivity contribution in [2.45, 2.75) is 39.7 Å². The lowest BCUT2D eigenvalue weighted by Crippen LogP contribution is -2.35. The van der Waals surface area contributed by atoms with Crippen LogP contribution in [0, 0.1) is 0 Å². The van der Waals surface area contributed by atoms with Crippen LogP contribution < -0.4 is 5.32 Å². The predicted octanol–water partition coefficient (Wildman–Crippen LogP) is 5.25. The lowest BCUT2D eigenvalue weighted by Gasteiger charge is -2.24. The third kappa shape index (κ3) is 9.79. The molecule has 0 atom stereocenters. The average Bonchev–Trinajstić information content (AvgIpc) is 2.82. The van der Waals surface area contributed by atoms with Crippen LogP contribution in [-0.2, 0) is 9.47 Å². The van der Waals surface area contributed by atoms with E-state index in [9.17, 15) is 9.59 Å². The zero-order valence-electron chi connectivity index (χ0n) is 20.9. The first-order chi connectivity index (χ1) is 16.6. The molecule has 1 aromatic heterocycles. The Bertz CT molecular complexity index is 1090. The van der Waals surface area contributed by atoms with E-state index in [-0.39, 0.29) is 6.09 Å². The quantitative estimate of drug-likeness (QED) is 0.215. The number of nitrogens with zero attached hydrogens (tertiary/aromatic N) is 4. The molecule has 0 aliphatic carbocycles. The van der Waals surface area contributed by atoms with Crippen molar-refractivity contribution in [1.29, 1.82) is 0 Å². The summed E-state index contributed by atoms with van der Waals surface area (Å²) < 4.78 is 11.0. The van der Waals surface area contributed by atoms with Crippen molar-refractivity contribution in [3.05, 3.63) is 66.6 Å². The molecule has 1 N–H and O–H groups in total. The highest BCUT2D eigenvalue weighted by atomic mass is 16.6. The first kappa shape index (κ1) is 27.2. The van der Waals surface area contributed by atoms with Gasteiger partial charge in [-0.1, -0.05) is 18.7 Å². The summed E-state index contributed by atoms with van der Waals surface area (Å²) in [6, 6.07) is 8.82. The van der Waals surface area contributed by atoms with Gasteiger partial charge in [0.1, 0.15) is 11.9 Å². The minimum absolute atomic E-state index is 0.363. The molecule has 2 rings (SSSR count). The van der Waals surface area contributed by atoms with Gasteiger partial charge in [-0.25, -0.2) is 19.8 Å². The fraction of sp³-hybridized carbons (Fsp3) is 0.346. The third-order valence-electron chi connectivity index (χ3n) is 4.49. The molecule has 0 fully saturated rings. The molecule has 186 valence electrons. The number of nitrogens with one attached hydrogen (secondary N) is 1. The van der Waals surface area contributed by atoms with Crippen molar-refractivity contribution in [2.24, 2.45) is 4.99 Å². The second kappa shape index (κ2) is 13.0. The number of hydrogen-bond donors (Lipinski definition) is 1. The number of aliphatic imine (C=N–C) groups is 1. The Hall–Kier alpha value is -4.01. The van der Waals surface area contributed by atoms with E-state index in [4.69, 9.17) is 9.47 Å². The van der Waals surface area contributed by atoms with Crippen LogP contribution in [0.5, 0.6) is 0 Å². The molecule has 0 unspecified atom stereocenters. The summed E-state index contributed by atoms with van der Waals surface area (Å²) in [6.07, 6.45) is 5.83. The summed E-state index contributed by atoms with van der Waals surface area (Å²) in [6.45, 7) is 12.0. The maximum absolute atomic E-state index is 12.0. The van der Waals surface area contributed by atoms with Crippen LogP contribution in [0.4, 0.5) is 16.4 Å². The van der Waals surface area contributed by atoms with Crippen molar-refractivity contribution in [3.8, 4) is 0 Å². The molecule has 2 aromatic rings. The highest BCUT2D eigenvalue weighted by Crippen LogP contribution is 2.17. The Morgan fingerprint density at radius 3 is 2.74 bits per heavy atom. The zero-order valence-corrected chi connectivity index (χ0v) is 20.9. The highest BCUT2D eigenvalue weighted by molar-refractivity contribution is 5.88. The second-order valence-electron chi connectivity index (χ2n) is 8.72. The number of aromatic nitrogens is 2. The smallest absolute Gasteiger partial charge is 0.410 e. The molecule has 0 saturated carbocycles. The number of anilines is 2. The Morgan fingerprint density at radius 2 is 2.06 bits per heavy atom. The standard InChI is InChI=1S/C26H33N5O4/c1-7-23(34-15-9-14-31(6)25(33)35-26(3,4)5)28-17-19(2)22-12-13-27-24(30-22)29-21-11-8-10-20(16-21)18-32/h7-8,10-13,16-18H,1,9,14-15H2,2-6H3,(H,27,29,30)/b19-17+,28-23?. The van der Waals surface area contributed by atoms with Crippen molar-refractivity contribution < 1.29 is 19.1 Å². The third-order valence-corrected chi connectivity index (χ3v) is 4.49. The van der Waals surface area contributed by atoms with Gasteiger partial charge >= 0.3 is 6.09 Å². The molecular weight excluding hydrogens is 446 g/mol. The molecule has 35 heavy (non-hydrogen) atoms. The summed E-state index contributed by atoms with van der Waals surface area (Å²) in [5.41, 5.74) is 2.22. The summed E-state index contributed by atoms with van der Waals surface area (Å²) in [5, 5.41) is 3.09. The molecule has 0 aliphatic rings. The van der Waals surface area contributed by atoms with Crippen molar-refractivity contribution >= 4 is 35.5 Å². The van der Waals surface area contributed by atoms with Gasteiger partial charge < -0.3 is 19.7 Å². The van der Waals surface area contributed by atoms with E-state index in [1.54, 1.807) is 43.7 Å². The van der Waals surface area contributed by atoms with Gasteiger partial charge in [-0.15, -0.1) is 0 Å². The molecule has 0 saturated heterocycles. The molecule has 1 aromatic carbocycles. The van der Waals surface area contributed by atoms with Crippen LogP contribution in [0.1, 0.15) is 50.2 Å². The summed E-state index contributed by atoms with van der Waals surface area (Å²) in [5.74, 6) is 0.763. The number of carbonyl (C=O) groups excluding carboxylic acids is 2. The number of amides is 1. The van der Waals surface area contributed by atoms with E-state index < -0.39 is 5.60 Å². The molecule has 9 nitrogen and oxygen atoms in total. The van der Waals surface area contributed by atoms with E-state index in [0.717, 1.165) is 11.9 Å². The first-order valence-electron chi connectivity index (χ1n) is 11.2. The monoisotopic (exact) mass is 479 g/mol. The van der Waals surface area contributed by atoms with Crippen LogP contribution in [0.25, 0.3) is 5.57 Å². The van der Waals surface area contributed by atoms with Crippen LogP contribution in [-0.4, -0.2) is 58.9 Å². The fourth-order valence-electron chi connectivity index (χ4n) is 2.74. The normalized spacial score (nSPS) is 12.0. The van der Waals surface area contributed by atoms with Crippen LogP contribution >= 0.6 is 0 Å². The Labute approximate surface area is 206 Å². The van der Waals surface area contributed by atoms with Gasteiger partial charge in [-0.2, -0.15) is 0 Å². The van der Waals surface area contributed by atoms with Crippen molar-refractivity contribution in [1.82, 2.24) is 14.9 Å². The van der Waals surface area contributed by atoms with Crippen LogP contribution in [0.15, 0.2) is 60.4 Å². The Balaban J connectivity index is 1.93. The Kier molecular flexibility index (Phi) is 10.1. The summed E-state index contributed by atoms with van der Waals surface area (Å²) in [7, 11) is 1.69. The van der Waals surface area contributed by atoms with Gasteiger partial charge in [0.25, 0.3) is 0 Å². The maximum atomic E-state index is 12.0. The van der Waals surface area contributed by atoms with Gasteiger partial charge in [0.2, 0.25) is 11.8 Å². The Morgan fingerprint density at radius 1 is 1.29 bits per heavy atom. The minimum Gasteiger partial charge on any atom is -0.478 e. The molecular formula is C26H33N5O4. The molecule has 0 aliphatic heterocycles. The van der Waals surface area contributed by atoms with Crippen molar-refractivity contribution in [2.75, 3.05) is 25.5 Å². The number of hydrogen-bond acceptors (Lipinski definition) is 8. The van der Waals surface area contributed by atoms with Crippen molar-refractivity contribution in [3.63, 3.8) is 0 Å². The number of allylic oxidation sites excluding steroid dienone is 1. The fourth-order valence-corrected chi connectivity index (χ4v) is 2.74. The zero-order chi connectivity index (χ0) is 25.8. The molecule has 1 heterocycles. The maximum Gasteiger partial charge on any atom is 0.410 e. The summed E-state index contributed by atoms with van der Waals surface area (Å²) >= 11 is 0.